The minimum atomic E-state index is -0.740. The summed E-state index contributed by atoms with van der Waals surface area (Å²) in [7, 11) is 1.59. The highest BCUT2D eigenvalue weighted by molar-refractivity contribution is 7.99. The van der Waals surface area contributed by atoms with Crippen LogP contribution < -0.4 is 4.74 Å². The second-order valence-electron chi connectivity index (χ2n) is 4.77. The fourth-order valence-electron chi connectivity index (χ4n) is 2.33. The Morgan fingerprint density at radius 1 is 1.60 bits per heavy atom. The highest BCUT2D eigenvalue weighted by Crippen LogP contribution is 2.27. The van der Waals surface area contributed by atoms with Crippen LogP contribution in [0.3, 0.4) is 0 Å². The number of nitrogens with zero attached hydrogens (tertiary/aromatic N) is 1. The number of hydrogen-bond donors (Lipinski definition) is 1. The van der Waals surface area contributed by atoms with Crippen molar-refractivity contribution in [2.75, 3.05) is 25.2 Å². The number of aliphatic carboxylic acids is 1. The summed E-state index contributed by atoms with van der Waals surface area (Å²) in [5.41, 5.74) is 1.08. The first kappa shape index (κ1) is 15.5. The third-order valence-electron chi connectivity index (χ3n) is 3.36. The number of methoxy groups -OCH3 is 1. The standard InChI is InChI=1S/C14H18ClNO3S/c1-19-13-3-2-10(6-12(13)15)8-16-4-5-20-9-11(16)7-14(17)18/h2-3,6,11H,4-5,7-9H2,1H3,(H,17,18). The van der Waals surface area contributed by atoms with Crippen molar-refractivity contribution in [1.29, 1.82) is 0 Å². The van der Waals surface area contributed by atoms with Gasteiger partial charge in [0, 0.05) is 30.6 Å². The summed E-state index contributed by atoms with van der Waals surface area (Å²) in [6.07, 6.45) is 0.191. The first-order chi connectivity index (χ1) is 9.60. The highest BCUT2D eigenvalue weighted by Gasteiger charge is 2.25. The molecule has 0 aromatic heterocycles. The Labute approximate surface area is 128 Å². The molecule has 0 radical (unpaired) electrons. The predicted molar refractivity (Wildman–Crippen MR) is 81.8 cm³/mol. The molecule has 0 saturated carbocycles. The van der Waals surface area contributed by atoms with Gasteiger partial charge in [-0.3, -0.25) is 9.69 Å². The Bertz CT molecular complexity index is 483. The Balaban J connectivity index is 2.06. The molecule has 1 aliphatic rings. The SMILES string of the molecule is COc1ccc(CN2CCSCC2CC(=O)O)cc1Cl. The topological polar surface area (TPSA) is 49.8 Å². The minimum absolute atomic E-state index is 0.0899. The van der Waals surface area contributed by atoms with Gasteiger partial charge in [0.05, 0.1) is 18.6 Å². The molecule has 1 saturated heterocycles. The smallest absolute Gasteiger partial charge is 0.304 e. The summed E-state index contributed by atoms with van der Waals surface area (Å²) >= 11 is 7.94. The molecule has 1 N–H and O–H groups in total. The van der Waals surface area contributed by atoms with Crippen molar-refractivity contribution in [3.05, 3.63) is 28.8 Å². The maximum absolute atomic E-state index is 10.9. The molecule has 6 heteroatoms. The lowest BCUT2D eigenvalue weighted by atomic mass is 10.1. The van der Waals surface area contributed by atoms with E-state index >= 15 is 0 Å². The lowest BCUT2D eigenvalue weighted by molar-refractivity contribution is -0.138. The molecule has 1 fully saturated rings. The largest absolute Gasteiger partial charge is 0.495 e. The van der Waals surface area contributed by atoms with E-state index in [-0.39, 0.29) is 12.5 Å². The van der Waals surface area contributed by atoms with Gasteiger partial charge in [-0.1, -0.05) is 17.7 Å². The second kappa shape index (κ2) is 7.20. The van der Waals surface area contributed by atoms with E-state index < -0.39 is 5.97 Å². The molecule has 0 amide bonds. The number of benzene rings is 1. The van der Waals surface area contributed by atoms with E-state index in [0.29, 0.717) is 10.8 Å². The van der Waals surface area contributed by atoms with Crippen molar-refractivity contribution in [2.24, 2.45) is 0 Å². The average molecular weight is 316 g/mol. The summed E-state index contributed by atoms with van der Waals surface area (Å²) in [6.45, 7) is 1.63. The molecule has 1 unspecified atom stereocenters. The van der Waals surface area contributed by atoms with E-state index in [1.54, 1.807) is 7.11 Å². The Hall–Kier alpha value is -0.910. The van der Waals surface area contributed by atoms with Crippen LogP contribution in [0.1, 0.15) is 12.0 Å². The second-order valence-corrected chi connectivity index (χ2v) is 6.32. The minimum Gasteiger partial charge on any atom is -0.495 e. The molecule has 0 bridgehead atoms. The number of rotatable bonds is 5. The Morgan fingerprint density at radius 3 is 3.05 bits per heavy atom. The van der Waals surface area contributed by atoms with Crippen LogP contribution in [0.2, 0.25) is 5.02 Å². The summed E-state index contributed by atoms with van der Waals surface area (Å²) in [4.78, 5) is 13.2. The van der Waals surface area contributed by atoms with Crippen molar-refractivity contribution < 1.29 is 14.6 Å². The number of carboxylic acids is 1. The summed E-state index contributed by atoms with van der Waals surface area (Å²) in [5.74, 6) is 1.83. The van der Waals surface area contributed by atoms with Gasteiger partial charge < -0.3 is 9.84 Å². The van der Waals surface area contributed by atoms with E-state index in [2.05, 4.69) is 4.90 Å². The van der Waals surface area contributed by atoms with Gasteiger partial charge in [0.2, 0.25) is 0 Å². The molecular weight excluding hydrogens is 298 g/mol. The zero-order valence-electron chi connectivity index (χ0n) is 11.3. The van der Waals surface area contributed by atoms with Crippen molar-refractivity contribution >= 4 is 29.3 Å². The van der Waals surface area contributed by atoms with Crippen LogP contribution in [0.5, 0.6) is 5.75 Å². The number of carbonyl (C=O) groups is 1. The zero-order chi connectivity index (χ0) is 14.5. The van der Waals surface area contributed by atoms with Crippen LogP contribution in [0.4, 0.5) is 0 Å². The molecule has 1 aromatic carbocycles. The van der Waals surface area contributed by atoms with Gasteiger partial charge in [0.15, 0.2) is 0 Å². The molecule has 20 heavy (non-hydrogen) atoms. The van der Waals surface area contributed by atoms with Crippen molar-refractivity contribution in [1.82, 2.24) is 4.90 Å². The Kier molecular flexibility index (Phi) is 5.57. The average Bonchev–Trinajstić information content (AvgIpc) is 2.41. The lowest BCUT2D eigenvalue weighted by Crippen LogP contribution is -2.42. The van der Waals surface area contributed by atoms with Crippen LogP contribution >= 0.6 is 23.4 Å². The van der Waals surface area contributed by atoms with E-state index in [1.165, 1.54) is 0 Å². The molecule has 1 aliphatic heterocycles. The van der Waals surface area contributed by atoms with Gasteiger partial charge in [-0.2, -0.15) is 11.8 Å². The first-order valence-corrected chi connectivity index (χ1v) is 7.99. The monoisotopic (exact) mass is 315 g/mol. The van der Waals surface area contributed by atoms with E-state index in [9.17, 15) is 4.79 Å². The van der Waals surface area contributed by atoms with Gasteiger partial charge in [-0.15, -0.1) is 0 Å². The van der Waals surface area contributed by atoms with Crippen LogP contribution in [0.15, 0.2) is 18.2 Å². The number of halogens is 1. The van der Waals surface area contributed by atoms with Gasteiger partial charge in [0.25, 0.3) is 0 Å². The maximum Gasteiger partial charge on any atom is 0.304 e. The van der Waals surface area contributed by atoms with Gasteiger partial charge in [-0.05, 0) is 17.7 Å². The number of carboxylic acid groups (broad SMARTS) is 1. The summed E-state index contributed by atoms with van der Waals surface area (Å²) in [6, 6.07) is 5.81. The Morgan fingerprint density at radius 2 is 2.40 bits per heavy atom. The molecule has 1 aromatic rings. The fraction of sp³-hybridized carbons (Fsp3) is 0.500. The van der Waals surface area contributed by atoms with Crippen molar-refractivity contribution in [2.45, 2.75) is 19.0 Å². The maximum atomic E-state index is 10.9. The van der Waals surface area contributed by atoms with Crippen molar-refractivity contribution in [3.63, 3.8) is 0 Å². The van der Waals surface area contributed by atoms with E-state index in [0.717, 1.165) is 30.2 Å². The van der Waals surface area contributed by atoms with Crippen molar-refractivity contribution in [3.8, 4) is 5.75 Å². The normalized spacial score (nSPS) is 19.8. The van der Waals surface area contributed by atoms with Gasteiger partial charge in [-0.25, -0.2) is 0 Å². The van der Waals surface area contributed by atoms with Crippen LogP contribution in [0.25, 0.3) is 0 Å². The molecule has 0 aliphatic carbocycles. The quantitative estimate of drug-likeness (QED) is 0.905. The van der Waals surface area contributed by atoms with Gasteiger partial charge in [0.1, 0.15) is 5.75 Å². The third kappa shape index (κ3) is 4.04. The third-order valence-corrected chi connectivity index (χ3v) is 4.75. The number of hydrogen-bond acceptors (Lipinski definition) is 4. The molecule has 2 rings (SSSR count). The molecule has 1 atom stereocenters. The van der Waals surface area contributed by atoms with Crippen LogP contribution in [0, 0.1) is 0 Å². The number of thioether (sulfide) groups is 1. The fourth-order valence-corrected chi connectivity index (χ4v) is 3.74. The molecular formula is C14H18ClNO3S. The van der Waals surface area contributed by atoms with Gasteiger partial charge >= 0.3 is 5.97 Å². The van der Waals surface area contributed by atoms with Crippen LogP contribution in [-0.4, -0.2) is 47.2 Å². The molecule has 4 nitrogen and oxygen atoms in total. The number of ether oxygens (including phenoxy) is 1. The van der Waals surface area contributed by atoms with E-state index in [1.807, 2.05) is 30.0 Å². The lowest BCUT2D eigenvalue weighted by Gasteiger charge is -2.34. The summed E-state index contributed by atoms with van der Waals surface area (Å²) < 4.78 is 5.14. The first-order valence-electron chi connectivity index (χ1n) is 6.46. The van der Waals surface area contributed by atoms with Crippen LogP contribution in [-0.2, 0) is 11.3 Å². The molecule has 0 spiro atoms. The summed E-state index contributed by atoms with van der Waals surface area (Å²) in [5, 5.41) is 9.58. The molecule has 110 valence electrons. The molecule has 1 heterocycles. The highest BCUT2D eigenvalue weighted by atomic mass is 35.5. The predicted octanol–water partition coefficient (Wildman–Crippen LogP) is 2.74. The zero-order valence-corrected chi connectivity index (χ0v) is 12.9. The van der Waals surface area contributed by atoms with E-state index in [4.69, 9.17) is 21.4 Å².